The van der Waals surface area contributed by atoms with Gasteiger partial charge < -0.3 is 29.0 Å². The molecule has 1 heterocycles. The molecule has 0 aromatic heterocycles. The van der Waals surface area contributed by atoms with E-state index in [1.165, 1.54) is 7.11 Å². The van der Waals surface area contributed by atoms with Gasteiger partial charge in [0, 0.05) is 27.1 Å². The van der Waals surface area contributed by atoms with Gasteiger partial charge >= 0.3 is 0 Å². The zero-order valence-electron chi connectivity index (χ0n) is 29.2. The second kappa shape index (κ2) is 51.9. The first-order valence-electron chi connectivity index (χ1n) is 15.5. The Hall–Kier alpha value is -2.63. The quantitative estimate of drug-likeness (QED) is 0.133. The third-order valence-corrected chi connectivity index (χ3v) is 5.08. The number of benzene rings is 3. The van der Waals surface area contributed by atoms with Crippen molar-refractivity contribution in [2.75, 3.05) is 46.9 Å². The van der Waals surface area contributed by atoms with E-state index < -0.39 is 16.2 Å². The van der Waals surface area contributed by atoms with Gasteiger partial charge in [0.2, 0.25) is 0 Å². The van der Waals surface area contributed by atoms with Crippen molar-refractivity contribution in [1.82, 2.24) is 0 Å². The number of epoxide rings is 1. The van der Waals surface area contributed by atoms with Crippen LogP contribution in [0, 0.1) is 0 Å². The van der Waals surface area contributed by atoms with Crippen LogP contribution in [0.3, 0.4) is 0 Å². The second-order valence-electron chi connectivity index (χ2n) is 7.74. The summed E-state index contributed by atoms with van der Waals surface area (Å²) in [7, 11) is 0.0625. The molecule has 0 saturated carbocycles. The molecule has 3 aromatic carbocycles. The van der Waals surface area contributed by atoms with Crippen LogP contribution in [0.2, 0.25) is 0 Å². The molecule has 0 bridgehead atoms. The first-order valence-corrected chi connectivity index (χ1v) is 17.1. The van der Waals surface area contributed by atoms with Crippen LogP contribution in [0.25, 0.3) is 0 Å². The monoisotopic (exact) mass is 671 g/mol. The smallest absolute Gasteiger partial charge is 0.104 e. The van der Waals surface area contributed by atoms with Gasteiger partial charge in [-0.3, -0.25) is 0 Å². The Bertz CT molecular complexity index is 757. The molecule has 0 amide bonds. The minimum absolute atomic E-state index is 0. The van der Waals surface area contributed by atoms with E-state index >= 15 is 0 Å². The lowest BCUT2D eigenvalue weighted by molar-refractivity contribution is 0.0579. The van der Waals surface area contributed by atoms with E-state index in [9.17, 15) is 13.0 Å². The van der Waals surface area contributed by atoms with Crippen molar-refractivity contribution in [3.05, 3.63) is 109 Å². The highest BCUT2D eigenvalue weighted by Crippen LogP contribution is 2.07. The molecule has 270 valence electrons. The molecule has 2 unspecified atom stereocenters. The predicted molar refractivity (Wildman–Crippen MR) is 196 cm³/mol. The maximum atomic E-state index is 10.2. The van der Waals surface area contributed by atoms with Crippen molar-refractivity contribution in [3.63, 3.8) is 0 Å². The highest BCUT2D eigenvalue weighted by molar-refractivity contribution is 7.85. The molecular weight excluding hydrogens is 604 g/mol. The van der Waals surface area contributed by atoms with Crippen molar-refractivity contribution in [3.8, 4) is 0 Å². The molecular formula is C37H67O8S-. The second-order valence-corrected chi connectivity index (χ2v) is 9.27. The molecule has 0 aliphatic carbocycles. The maximum absolute atomic E-state index is 10.2. The van der Waals surface area contributed by atoms with E-state index in [1.54, 1.807) is 7.11 Å². The lowest BCUT2D eigenvalue weighted by Crippen LogP contribution is -2.14. The lowest BCUT2D eigenvalue weighted by Gasteiger charge is -2.09. The summed E-state index contributed by atoms with van der Waals surface area (Å²) in [6.45, 7) is 13.9. The molecule has 1 aliphatic rings. The minimum atomic E-state index is -4.10. The van der Waals surface area contributed by atoms with E-state index in [0.717, 1.165) is 20.3 Å². The highest BCUT2D eigenvalue weighted by Gasteiger charge is 2.21. The summed E-state index contributed by atoms with van der Waals surface area (Å²) < 4.78 is 44.7. The third-order valence-electron chi connectivity index (χ3n) is 4.30. The van der Waals surface area contributed by atoms with Gasteiger partial charge in [0.25, 0.3) is 0 Å². The first kappa shape index (κ1) is 55.8. The Morgan fingerprint density at radius 3 is 1.13 bits per heavy atom. The van der Waals surface area contributed by atoms with Crippen LogP contribution in [0.5, 0.6) is 0 Å². The van der Waals surface area contributed by atoms with Crippen molar-refractivity contribution < 1.29 is 37.4 Å². The average molecular weight is 672 g/mol. The Balaban J connectivity index is -0.000000105. The number of rotatable bonds is 9. The molecule has 8 nitrogen and oxygen atoms in total. The summed E-state index contributed by atoms with van der Waals surface area (Å²) in [4.78, 5) is 0. The molecule has 9 heteroatoms. The summed E-state index contributed by atoms with van der Waals surface area (Å²) in [6, 6.07) is 36.0. The van der Waals surface area contributed by atoms with Gasteiger partial charge in [-0.15, -0.1) is 0 Å². The Morgan fingerprint density at radius 1 is 0.674 bits per heavy atom. The average Bonchev–Trinajstić information content (AvgIpc) is 3.95. The van der Waals surface area contributed by atoms with Crippen LogP contribution >= 0.6 is 0 Å². The van der Waals surface area contributed by atoms with E-state index in [0.29, 0.717) is 25.4 Å². The van der Waals surface area contributed by atoms with Gasteiger partial charge in [0.1, 0.15) is 6.10 Å². The third kappa shape index (κ3) is 64.3. The van der Waals surface area contributed by atoms with Crippen LogP contribution < -0.4 is 0 Å². The number of aliphatic hydroxyl groups is 2. The Labute approximate surface area is 283 Å². The zero-order chi connectivity index (χ0) is 35.5. The first-order chi connectivity index (χ1) is 21.9. The molecule has 3 aromatic rings. The standard InChI is InChI=1S/C7H16O5S.3C6H6.C4H8O2.3C2H6.CH4O.CH4/c1-12-6-7(8)4-2-3-5-13(9,10)11;3*1-2-4-6-5-3-1;1-5-2-4-3-6-4;4*1-2;/h7-8H,2-6H2,1H3,(H,9,10,11);3*1-6H;4H,2-3H2,1H3;3*1-2H3;2H,1H3;1H4/p-1. The van der Waals surface area contributed by atoms with Gasteiger partial charge in [0.05, 0.1) is 36.0 Å². The predicted octanol–water partition coefficient (Wildman–Crippen LogP) is 8.12. The number of aliphatic hydroxyl groups excluding tert-OH is 2. The summed E-state index contributed by atoms with van der Waals surface area (Å²) >= 11 is 0. The van der Waals surface area contributed by atoms with E-state index in [2.05, 4.69) is 4.74 Å². The molecule has 0 radical (unpaired) electrons. The topological polar surface area (TPSA) is 129 Å². The summed E-state index contributed by atoms with van der Waals surface area (Å²) in [5.41, 5.74) is 0. The van der Waals surface area contributed by atoms with Crippen molar-refractivity contribution in [1.29, 1.82) is 0 Å². The number of hydrogen-bond donors (Lipinski definition) is 2. The van der Waals surface area contributed by atoms with E-state index in [-0.39, 0.29) is 19.8 Å². The number of methoxy groups -OCH3 is 2. The Morgan fingerprint density at radius 2 is 0.957 bits per heavy atom. The molecule has 2 atom stereocenters. The van der Waals surface area contributed by atoms with Gasteiger partial charge in [-0.1, -0.05) is 158 Å². The van der Waals surface area contributed by atoms with Crippen molar-refractivity contribution in [2.45, 2.75) is 80.4 Å². The van der Waals surface area contributed by atoms with E-state index in [1.807, 2.05) is 151 Å². The molecule has 1 saturated heterocycles. The van der Waals surface area contributed by atoms with Crippen LogP contribution in [0.1, 0.15) is 68.2 Å². The summed E-state index contributed by atoms with van der Waals surface area (Å²) in [5.74, 6) is -0.354. The van der Waals surface area contributed by atoms with Crippen LogP contribution in [-0.4, -0.2) is 82.3 Å². The molecule has 4 rings (SSSR count). The number of hydrogen-bond acceptors (Lipinski definition) is 8. The highest BCUT2D eigenvalue weighted by atomic mass is 32.2. The normalized spacial score (nSPS) is 11.7. The van der Waals surface area contributed by atoms with Crippen LogP contribution in [-0.2, 0) is 24.3 Å². The van der Waals surface area contributed by atoms with Crippen LogP contribution in [0.4, 0.5) is 0 Å². The van der Waals surface area contributed by atoms with Gasteiger partial charge in [-0.2, -0.15) is 0 Å². The van der Waals surface area contributed by atoms with Gasteiger partial charge in [-0.05, 0) is 19.3 Å². The molecule has 1 aliphatic heterocycles. The number of unbranched alkanes of at least 4 members (excludes halogenated alkanes) is 1. The zero-order valence-corrected chi connectivity index (χ0v) is 30.1. The van der Waals surface area contributed by atoms with Crippen molar-refractivity contribution >= 4 is 10.1 Å². The van der Waals surface area contributed by atoms with E-state index in [4.69, 9.17) is 19.7 Å². The van der Waals surface area contributed by atoms with Crippen molar-refractivity contribution in [2.24, 2.45) is 0 Å². The molecule has 0 spiro atoms. The minimum Gasteiger partial charge on any atom is -0.748 e. The SMILES string of the molecule is C.CC.CC.CC.CO.COCC(O)CCCCS(=O)(=O)[O-].COCC1CO1.c1ccccc1.c1ccccc1.c1ccccc1. The molecule has 46 heavy (non-hydrogen) atoms. The fourth-order valence-electron chi connectivity index (χ4n) is 2.44. The maximum Gasteiger partial charge on any atom is 0.104 e. The van der Waals surface area contributed by atoms with Crippen LogP contribution in [0.15, 0.2) is 109 Å². The summed E-state index contributed by atoms with van der Waals surface area (Å²) in [5, 5.41) is 16.1. The fraction of sp³-hybridized carbons (Fsp3) is 0.514. The fourth-order valence-corrected chi connectivity index (χ4v) is 3.00. The summed E-state index contributed by atoms with van der Waals surface area (Å²) in [6.07, 6.45) is 1.14. The number of ether oxygens (including phenoxy) is 3. The largest absolute Gasteiger partial charge is 0.748 e. The van der Waals surface area contributed by atoms with Gasteiger partial charge in [0.15, 0.2) is 0 Å². The van der Waals surface area contributed by atoms with Gasteiger partial charge in [-0.25, -0.2) is 8.42 Å². The molecule has 2 N–H and O–H groups in total. The Kier molecular flexibility index (Phi) is 62.9. The molecule has 1 fully saturated rings. The lowest BCUT2D eigenvalue weighted by atomic mass is 10.2.